The molecule has 0 aliphatic carbocycles. The number of phenols is 2. The minimum atomic E-state index is 0.0312. The fraction of sp³-hybridized carbons (Fsp3) is 0.650. The minimum Gasteiger partial charge on any atom is -0.508 e. The summed E-state index contributed by atoms with van der Waals surface area (Å²) in [5, 5.41) is 31.7. The van der Waals surface area contributed by atoms with Gasteiger partial charge in [0.1, 0.15) is 11.5 Å². The fourth-order valence-electron chi connectivity index (χ4n) is 2.95. The van der Waals surface area contributed by atoms with Crippen LogP contribution < -0.4 is 0 Å². The quantitative estimate of drug-likeness (QED) is 0.136. The summed E-state index contributed by atoms with van der Waals surface area (Å²) in [5.41, 5.74) is 0.837. The molecule has 4 heteroatoms. The summed E-state index contributed by atoms with van der Waals surface area (Å²) in [5.74, 6) is 0.0894. The van der Waals surface area contributed by atoms with Gasteiger partial charge in [-0.3, -0.25) is 0 Å². The number of benzene rings is 1. The highest BCUT2D eigenvalue weighted by Crippen LogP contribution is 2.24. The van der Waals surface area contributed by atoms with Gasteiger partial charge in [-0.05, 0) is 31.0 Å². The van der Waals surface area contributed by atoms with Crippen LogP contribution in [0, 0.1) is 0 Å². The molecule has 24 heavy (non-hydrogen) atoms. The van der Waals surface area contributed by atoms with Gasteiger partial charge in [-0.15, -0.1) is 0 Å². The zero-order valence-corrected chi connectivity index (χ0v) is 15.0. The van der Waals surface area contributed by atoms with Crippen LogP contribution in [0.2, 0.25) is 0 Å². The maximum Gasteiger partial charge on any atom is 0.125 e. The lowest BCUT2D eigenvalue weighted by atomic mass is 10.0. The number of unbranched alkanes of at least 4 members (excludes halogenated alkanes) is 10. The van der Waals surface area contributed by atoms with Crippen LogP contribution in [0.4, 0.5) is 0 Å². The monoisotopic (exact) mass is 335 g/mol. The Balaban J connectivity index is 2.12. The van der Waals surface area contributed by atoms with Crippen LogP contribution in [0.3, 0.4) is 0 Å². The maximum absolute atomic E-state index is 9.81. The lowest BCUT2D eigenvalue weighted by Gasteiger charge is -2.08. The third-order valence-corrected chi connectivity index (χ3v) is 4.43. The molecule has 0 spiro atoms. The van der Waals surface area contributed by atoms with Gasteiger partial charge in [-0.25, -0.2) is 0 Å². The molecule has 3 N–H and O–H groups in total. The highest BCUT2D eigenvalue weighted by atomic mass is 16.4. The van der Waals surface area contributed by atoms with Crippen molar-refractivity contribution >= 4 is 5.71 Å². The summed E-state index contributed by atoms with van der Waals surface area (Å²) in [4.78, 5) is 0. The Bertz CT molecular complexity index is 486. The summed E-state index contributed by atoms with van der Waals surface area (Å²) in [6.45, 7) is 2.24. The van der Waals surface area contributed by atoms with E-state index in [1.165, 1.54) is 76.0 Å². The first-order valence-corrected chi connectivity index (χ1v) is 9.42. The summed E-state index contributed by atoms with van der Waals surface area (Å²) >= 11 is 0. The number of aromatic hydroxyl groups is 2. The molecule has 0 aliphatic rings. The first-order valence-electron chi connectivity index (χ1n) is 9.42. The number of hydrogen-bond acceptors (Lipinski definition) is 4. The second-order valence-corrected chi connectivity index (χ2v) is 6.53. The van der Waals surface area contributed by atoms with Gasteiger partial charge in [0.2, 0.25) is 0 Å². The average molecular weight is 335 g/mol. The maximum atomic E-state index is 9.81. The van der Waals surface area contributed by atoms with Crippen molar-refractivity contribution in [3.8, 4) is 11.5 Å². The molecule has 1 aromatic carbocycles. The minimum absolute atomic E-state index is 0.0312. The molecule has 4 nitrogen and oxygen atoms in total. The molecule has 0 fully saturated rings. The number of rotatable bonds is 13. The van der Waals surface area contributed by atoms with Gasteiger partial charge >= 0.3 is 0 Å². The van der Waals surface area contributed by atoms with Crippen LogP contribution in [0.1, 0.15) is 89.5 Å². The van der Waals surface area contributed by atoms with E-state index < -0.39 is 0 Å². The Morgan fingerprint density at radius 3 is 1.92 bits per heavy atom. The SMILES string of the molecule is CCCCCCCCCCCCCC(=NO)c1cc(O)ccc1O. The zero-order valence-electron chi connectivity index (χ0n) is 15.0. The van der Waals surface area contributed by atoms with Crippen LogP contribution in [0.25, 0.3) is 0 Å². The van der Waals surface area contributed by atoms with Gasteiger partial charge in [-0.2, -0.15) is 0 Å². The number of hydrogen-bond donors (Lipinski definition) is 3. The number of oxime groups is 1. The van der Waals surface area contributed by atoms with E-state index >= 15 is 0 Å². The molecule has 0 amide bonds. The van der Waals surface area contributed by atoms with E-state index in [0.29, 0.717) is 17.7 Å². The molecule has 0 aliphatic heterocycles. The average Bonchev–Trinajstić information content (AvgIpc) is 2.58. The smallest absolute Gasteiger partial charge is 0.125 e. The van der Waals surface area contributed by atoms with E-state index in [4.69, 9.17) is 5.21 Å². The molecule has 0 aromatic heterocycles. The van der Waals surface area contributed by atoms with E-state index in [2.05, 4.69) is 12.1 Å². The van der Waals surface area contributed by atoms with Crippen LogP contribution >= 0.6 is 0 Å². The van der Waals surface area contributed by atoms with Crippen molar-refractivity contribution < 1.29 is 15.4 Å². The molecule has 1 rings (SSSR count). The Hall–Kier alpha value is -1.71. The van der Waals surface area contributed by atoms with Crippen molar-refractivity contribution in [1.82, 2.24) is 0 Å². The van der Waals surface area contributed by atoms with Crippen LogP contribution in [-0.4, -0.2) is 21.1 Å². The molecular formula is C20H33NO3. The highest BCUT2D eigenvalue weighted by molar-refractivity contribution is 6.02. The van der Waals surface area contributed by atoms with Crippen molar-refractivity contribution in [2.24, 2.45) is 5.16 Å². The molecule has 0 radical (unpaired) electrons. The lowest BCUT2D eigenvalue weighted by Crippen LogP contribution is -2.01. The van der Waals surface area contributed by atoms with Crippen LogP contribution in [0.15, 0.2) is 23.4 Å². The largest absolute Gasteiger partial charge is 0.508 e. The van der Waals surface area contributed by atoms with Gasteiger partial charge in [0.05, 0.1) is 5.71 Å². The van der Waals surface area contributed by atoms with Crippen molar-refractivity contribution in [3.63, 3.8) is 0 Å². The summed E-state index contributed by atoms with van der Waals surface area (Å²) in [6.07, 6.45) is 14.5. The van der Waals surface area contributed by atoms with E-state index in [1.54, 1.807) is 0 Å². The first kappa shape index (κ1) is 20.3. The first-order chi connectivity index (χ1) is 11.7. The normalized spacial score (nSPS) is 11.8. The van der Waals surface area contributed by atoms with Crippen molar-refractivity contribution in [2.45, 2.75) is 84.0 Å². The predicted molar refractivity (Wildman–Crippen MR) is 99.2 cm³/mol. The van der Waals surface area contributed by atoms with Crippen molar-refractivity contribution in [2.75, 3.05) is 0 Å². The molecule has 0 bridgehead atoms. The summed E-state index contributed by atoms with van der Waals surface area (Å²) in [6, 6.07) is 4.26. The van der Waals surface area contributed by atoms with E-state index in [9.17, 15) is 10.2 Å². The van der Waals surface area contributed by atoms with Crippen LogP contribution in [-0.2, 0) is 0 Å². The Kier molecular flexibility index (Phi) is 10.7. The number of nitrogens with zero attached hydrogens (tertiary/aromatic N) is 1. The molecular weight excluding hydrogens is 302 g/mol. The van der Waals surface area contributed by atoms with Gasteiger partial charge < -0.3 is 15.4 Å². The third kappa shape index (κ3) is 8.23. The predicted octanol–water partition coefficient (Wildman–Crippen LogP) is 5.98. The fourth-order valence-corrected chi connectivity index (χ4v) is 2.95. The Labute approximate surface area is 146 Å². The second kappa shape index (κ2) is 12.7. The van der Waals surface area contributed by atoms with E-state index in [1.807, 2.05) is 0 Å². The van der Waals surface area contributed by atoms with Gasteiger partial charge in [-0.1, -0.05) is 76.3 Å². The molecule has 1 aromatic rings. The highest BCUT2D eigenvalue weighted by Gasteiger charge is 2.10. The van der Waals surface area contributed by atoms with Crippen LogP contribution in [0.5, 0.6) is 11.5 Å². The topological polar surface area (TPSA) is 73.1 Å². The lowest BCUT2D eigenvalue weighted by molar-refractivity contribution is 0.317. The van der Waals surface area contributed by atoms with Crippen molar-refractivity contribution in [3.05, 3.63) is 23.8 Å². The standard InChI is InChI=1S/C20H33NO3/c1-2-3-4-5-6-7-8-9-10-11-12-13-19(21-24)18-16-17(22)14-15-20(18)23/h14-16,22-24H,2-13H2,1H3. The van der Waals surface area contributed by atoms with Gasteiger partial charge in [0.15, 0.2) is 0 Å². The molecule has 136 valence electrons. The third-order valence-electron chi connectivity index (χ3n) is 4.43. The van der Waals surface area contributed by atoms with Gasteiger partial charge in [0, 0.05) is 5.56 Å². The molecule has 0 saturated heterocycles. The van der Waals surface area contributed by atoms with E-state index in [-0.39, 0.29) is 11.5 Å². The Morgan fingerprint density at radius 2 is 1.38 bits per heavy atom. The Morgan fingerprint density at radius 1 is 0.833 bits per heavy atom. The molecule has 0 unspecified atom stereocenters. The molecule has 0 saturated carbocycles. The summed E-state index contributed by atoms with van der Waals surface area (Å²) in [7, 11) is 0. The summed E-state index contributed by atoms with van der Waals surface area (Å²) < 4.78 is 0. The molecule has 0 heterocycles. The molecule has 0 atom stereocenters. The van der Waals surface area contributed by atoms with Crippen molar-refractivity contribution in [1.29, 1.82) is 0 Å². The van der Waals surface area contributed by atoms with Gasteiger partial charge in [0.25, 0.3) is 0 Å². The zero-order chi connectivity index (χ0) is 17.6. The second-order valence-electron chi connectivity index (χ2n) is 6.53. The number of phenolic OH excluding ortho intramolecular Hbond substituents is 2. The van der Waals surface area contributed by atoms with E-state index in [0.717, 1.165) is 12.8 Å².